The first kappa shape index (κ1) is 11.8. The number of nitrogens with zero attached hydrogens (tertiary/aromatic N) is 1. The number of rotatable bonds is 4. The number of nitrogens with one attached hydrogen (secondary N) is 2. The van der Waals surface area contributed by atoms with E-state index in [0.717, 1.165) is 5.56 Å². The molecule has 5 nitrogen and oxygen atoms in total. The molecule has 0 spiro atoms. The third-order valence-electron chi connectivity index (χ3n) is 2.18. The summed E-state index contributed by atoms with van der Waals surface area (Å²) in [4.78, 5) is 28.9. The molecule has 0 atom stereocenters. The molecule has 1 amide bonds. The van der Waals surface area contributed by atoms with Crippen LogP contribution in [0.3, 0.4) is 0 Å². The zero-order valence-electron chi connectivity index (χ0n) is 9.38. The fraction of sp³-hybridized carbons (Fsp3) is 0. The maximum atomic E-state index is 11.6. The van der Waals surface area contributed by atoms with Crippen LogP contribution >= 0.6 is 0 Å². The number of amides is 1. The van der Waals surface area contributed by atoms with Crippen LogP contribution < -0.4 is 5.32 Å². The number of aromatic amines is 1. The van der Waals surface area contributed by atoms with Crippen LogP contribution in [0.2, 0.25) is 0 Å². The number of hydrogen-bond acceptors (Lipinski definition) is 3. The van der Waals surface area contributed by atoms with Crippen molar-refractivity contribution in [3.8, 4) is 0 Å². The van der Waals surface area contributed by atoms with E-state index in [-0.39, 0.29) is 11.5 Å². The predicted octanol–water partition coefficient (Wildman–Crippen LogP) is 1.29. The Morgan fingerprint density at radius 3 is 2.72 bits per heavy atom. The van der Waals surface area contributed by atoms with Gasteiger partial charge in [0.2, 0.25) is 0 Å². The van der Waals surface area contributed by atoms with Crippen LogP contribution in [0.25, 0.3) is 6.08 Å². The zero-order chi connectivity index (χ0) is 12.8. The molecule has 1 aromatic heterocycles. The highest BCUT2D eigenvalue weighted by molar-refractivity contribution is 5.97. The largest absolute Gasteiger partial charge is 0.341 e. The Hall–Kier alpha value is -2.69. The van der Waals surface area contributed by atoms with E-state index in [1.54, 1.807) is 6.29 Å². The first-order chi connectivity index (χ1) is 8.79. The van der Waals surface area contributed by atoms with Crippen molar-refractivity contribution in [1.29, 1.82) is 0 Å². The van der Waals surface area contributed by atoms with E-state index in [0.29, 0.717) is 0 Å². The Kier molecular flexibility index (Phi) is 3.66. The molecule has 1 radical (unpaired) electrons. The molecule has 2 N–H and O–H groups in total. The summed E-state index contributed by atoms with van der Waals surface area (Å²) in [5.74, 6) is -0.338. The number of hydrogen-bond donors (Lipinski definition) is 2. The Balaban J connectivity index is 2.13. The molecule has 5 heteroatoms. The van der Waals surface area contributed by atoms with Crippen molar-refractivity contribution in [3.05, 3.63) is 59.8 Å². The summed E-state index contributed by atoms with van der Waals surface area (Å²) < 4.78 is 0. The van der Waals surface area contributed by atoms with Crippen molar-refractivity contribution in [2.45, 2.75) is 0 Å². The number of allylic oxidation sites excluding steroid dienone is 1. The second-order valence-electron chi connectivity index (χ2n) is 3.46. The van der Waals surface area contributed by atoms with Gasteiger partial charge in [0, 0.05) is 12.4 Å². The molecular formula is C13H10N3O2. The average Bonchev–Trinajstić information content (AvgIpc) is 2.93. The summed E-state index contributed by atoms with van der Waals surface area (Å²) in [5.41, 5.74) is 0.859. The second kappa shape index (κ2) is 5.58. The number of imidazole rings is 1. The molecule has 0 saturated carbocycles. The first-order valence-corrected chi connectivity index (χ1v) is 5.25. The van der Waals surface area contributed by atoms with Gasteiger partial charge in [0.15, 0.2) is 5.82 Å². The highest BCUT2D eigenvalue weighted by Gasteiger charge is 2.09. The van der Waals surface area contributed by atoms with Crippen LogP contribution in [-0.2, 0) is 4.79 Å². The topological polar surface area (TPSA) is 74.8 Å². The maximum absolute atomic E-state index is 11.6. The molecule has 0 unspecified atom stereocenters. The third kappa shape index (κ3) is 2.91. The number of carbonyl (C=O) groups excluding carboxylic acids is 2. The summed E-state index contributed by atoms with van der Waals surface area (Å²) >= 11 is 0. The van der Waals surface area contributed by atoms with Crippen LogP contribution in [-0.4, -0.2) is 22.2 Å². The molecule has 0 bridgehead atoms. The van der Waals surface area contributed by atoms with E-state index < -0.39 is 5.91 Å². The third-order valence-corrected chi connectivity index (χ3v) is 2.18. The van der Waals surface area contributed by atoms with E-state index in [2.05, 4.69) is 15.3 Å². The van der Waals surface area contributed by atoms with Gasteiger partial charge in [-0.25, -0.2) is 4.98 Å². The average molecular weight is 240 g/mol. The molecule has 0 fully saturated rings. The van der Waals surface area contributed by atoms with Crippen molar-refractivity contribution >= 4 is 18.3 Å². The van der Waals surface area contributed by atoms with Crippen molar-refractivity contribution in [1.82, 2.24) is 15.3 Å². The van der Waals surface area contributed by atoms with E-state index in [1.807, 2.05) is 30.3 Å². The molecule has 2 aromatic rings. The van der Waals surface area contributed by atoms with Gasteiger partial charge in [-0.1, -0.05) is 30.3 Å². The molecule has 1 aromatic carbocycles. The molecule has 0 aliphatic carbocycles. The highest BCUT2D eigenvalue weighted by atomic mass is 16.2. The van der Waals surface area contributed by atoms with E-state index in [4.69, 9.17) is 0 Å². The summed E-state index contributed by atoms with van der Waals surface area (Å²) in [6, 6.07) is 9.17. The number of aromatic nitrogens is 2. The SMILES string of the molecule is O=[C]C(=Cc1ccccc1)NC(=O)c1ncc[nH]1. The van der Waals surface area contributed by atoms with E-state index >= 15 is 0 Å². The van der Waals surface area contributed by atoms with Gasteiger partial charge >= 0.3 is 0 Å². The van der Waals surface area contributed by atoms with Crippen molar-refractivity contribution < 1.29 is 9.59 Å². The van der Waals surface area contributed by atoms with Crippen LogP contribution in [0.5, 0.6) is 0 Å². The van der Waals surface area contributed by atoms with Gasteiger partial charge in [-0.15, -0.1) is 0 Å². The molecule has 1 heterocycles. The summed E-state index contributed by atoms with van der Waals surface area (Å²) in [6.45, 7) is 0. The zero-order valence-corrected chi connectivity index (χ0v) is 9.38. The smallest absolute Gasteiger partial charge is 0.291 e. The van der Waals surface area contributed by atoms with E-state index in [9.17, 15) is 9.59 Å². The van der Waals surface area contributed by atoms with Crippen LogP contribution in [0, 0.1) is 0 Å². The molecule has 0 aliphatic heterocycles. The molecule has 2 rings (SSSR count). The highest BCUT2D eigenvalue weighted by Crippen LogP contribution is 2.03. The number of benzene rings is 1. The molecular weight excluding hydrogens is 230 g/mol. The Morgan fingerprint density at radius 2 is 2.11 bits per heavy atom. The Labute approximate surface area is 104 Å². The first-order valence-electron chi connectivity index (χ1n) is 5.25. The lowest BCUT2D eigenvalue weighted by Crippen LogP contribution is -2.24. The van der Waals surface area contributed by atoms with Gasteiger partial charge in [-0.05, 0) is 11.6 Å². The Morgan fingerprint density at radius 1 is 1.33 bits per heavy atom. The van der Waals surface area contributed by atoms with Gasteiger partial charge < -0.3 is 10.3 Å². The van der Waals surface area contributed by atoms with Crippen LogP contribution in [0.15, 0.2) is 48.4 Å². The maximum Gasteiger partial charge on any atom is 0.291 e. The minimum Gasteiger partial charge on any atom is -0.341 e. The standard InChI is InChI=1S/C13H10N3O2/c17-9-11(8-10-4-2-1-3-5-10)16-13(18)12-14-6-7-15-12/h1-8H,(H,14,15)(H,16,18). The van der Waals surface area contributed by atoms with Crippen LogP contribution in [0.4, 0.5) is 0 Å². The summed E-state index contributed by atoms with van der Waals surface area (Å²) in [6.07, 6.45) is 6.20. The minimum atomic E-state index is -0.481. The summed E-state index contributed by atoms with van der Waals surface area (Å²) in [7, 11) is 0. The van der Waals surface area contributed by atoms with Crippen molar-refractivity contribution in [3.63, 3.8) is 0 Å². The molecule has 0 aliphatic rings. The van der Waals surface area contributed by atoms with Gasteiger partial charge in [-0.2, -0.15) is 0 Å². The lowest BCUT2D eigenvalue weighted by molar-refractivity contribution is 0.0958. The van der Waals surface area contributed by atoms with Gasteiger partial charge in [0.1, 0.15) is 0 Å². The van der Waals surface area contributed by atoms with Gasteiger partial charge in [0.05, 0.1) is 5.70 Å². The normalized spacial score (nSPS) is 11.0. The van der Waals surface area contributed by atoms with Crippen LogP contribution in [0.1, 0.15) is 16.2 Å². The fourth-order valence-corrected chi connectivity index (χ4v) is 1.38. The van der Waals surface area contributed by atoms with E-state index in [1.165, 1.54) is 18.5 Å². The molecule has 18 heavy (non-hydrogen) atoms. The fourth-order valence-electron chi connectivity index (χ4n) is 1.38. The quantitative estimate of drug-likeness (QED) is 0.791. The minimum absolute atomic E-state index is 0.0580. The van der Waals surface area contributed by atoms with Crippen molar-refractivity contribution in [2.75, 3.05) is 0 Å². The lowest BCUT2D eigenvalue weighted by atomic mass is 10.2. The van der Waals surface area contributed by atoms with Gasteiger partial charge in [0.25, 0.3) is 12.2 Å². The molecule has 89 valence electrons. The Bertz CT molecular complexity index is 559. The number of carbonyl (C=O) groups is 1. The second-order valence-corrected chi connectivity index (χ2v) is 3.46. The monoisotopic (exact) mass is 240 g/mol. The van der Waals surface area contributed by atoms with Gasteiger partial charge in [-0.3, -0.25) is 9.59 Å². The van der Waals surface area contributed by atoms with Crippen molar-refractivity contribution in [2.24, 2.45) is 0 Å². The number of H-pyrrole nitrogens is 1. The summed E-state index contributed by atoms with van der Waals surface area (Å²) in [5, 5.41) is 2.42. The predicted molar refractivity (Wildman–Crippen MR) is 66.2 cm³/mol. The lowest BCUT2D eigenvalue weighted by Gasteiger charge is -2.01. The molecule has 0 saturated heterocycles.